The molecule has 1 atom stereocenters. The van der Waals surface area contributed by atoms with E-state index < -0.39 is 17.9 Å². The minimum absolute atomic E-state index is 0.0518. The van der Waals surface area contributed by atoms with Crippen molar-refractivity contribution < 1.29 is 23.4 Å². The summed E-state index contributed by atoms with van der Waals surface area (Å²) in [6, 6.07) is 6.83. The fourth-order valence-electron chi connectivity index (χ4n) is 1.60. The third-order valence-corrected chi connectivity index (χ3v) is 2.96. The van der Waals surface area contributed by atoms with Crippen LogP contribution in [0.1, 0.15) is 28.0 Å². The standard InChI is InChI=1S/C13H10ClFO4/c1-18-13(17)10-6-5-9(19-10)12(16)7-3-2-4-8(15)11(7)14/h2-6,12,16H,1H3. The van der Waals surface area contributed by atoms with Crippen molar-refractivity contribution in [2.75, 3.05) is 7.11 Å². The van der Waals surface area contributed by atoms with Crippen molar-refractivity contribution in [2.45, 2.75) is 6.10 Å². The van der Waals surface area contributed by atoms with E-state index in [0.717, 1.165) is 0 Å². The molecule has 19 heavy (non-hydrogen) atoms. The van der Waals surface area contributed by atoms with Gasteiger partial charge in [0.1, 0.15) is 17.7 Å². The summed E-state index contributed by atoms with van der Waals surface area (Å²) in [7, 11) is 1.21. The number of rotatable bonds is 3. The maximum absolute atomic E-state index is 13.3. The number of hydrogen-bond acceptors (Lipinski definition) is 4. The zero-order valence-electron chi connectivity index (χ0n) is 9.89. The Hall–Kier alpha value is -1.85. The number of carbonyl (C=O) groups is 1. The van der Waals surface area contributed by atoms with Gasteiger partial charge in [0.25, 0.3) is 0 Å². The molecule has 1 N–H and O–H groups in total. The van der Waals surface area contributed by atoms with Crippen molar-refractivity contribution in [3.8, 4) is 0 Å². The molecule has 1 aromatic carbocycles. The molecule has 0 spiro atoms. The Kier molecular flexibility index (Phi) is 3.87. The van der Waals surface area contributed by atoms with Crippen LogP contribution in [-0.4, -0.2) is 18.2 Å². The summed E-state index contributed by atoms with van der Waals surface area (Å²) in [5.41, 5.74) is 0.160. The van der Waals surface area contributed by atoms with Crippen LogP contribution in [0, 0.1) is 5.82 Å². The largest absolute Gasteiger partial charge is 0.463 e. The minimum atomic E-state index is -1.26. The predicted molar refractivity (Wildman–Crippen MR) is 65.5 cm³/mol. The lowest BCUT2D eigenvalue weighted by Crippen LogP contribution is -2.01. The number of hydrogen-bond donors (Lipinski definition) is 1. The van der Waals surface area contributed by atoms with E-state index in [2.05, 4.69) is 4.74 Å². The van der Waals surface area contributed by atoms with E-state index in [1.165, 1.54) is 37.4 Å². The van der Waals surface area contributed by atoms with Crippen LogP contribution in [0.15, 0.2) is 34.7 Å². The number of carbonyl (C=O) groups excluding carboxylic acids is 1. The Morgan fingerprint density at radius 1 is 1.42 bits per heavy atom. The van der Waals surface area contributed by atoms with Gasteiger partial charge in [-0.25, -0.2) is 9.18 Å². The number of ether oxygens (including phenoxy) is 1. The number of furan rings is 1. The number of aliphatic hydroxyl groups is 1. The summed E-state index contributed by atoms with van der Waals surface area (Å²) in [6.07, 6.45) is -1.26. The van der Waals surface area contributed by atoms with E-state index in [1.54, 1.807) is 0 Å². The van der Waals surface area contributed by atoms with E-state index in [-0.39, 0.29) is 22.1 Å². The second-order valence-electron chi connectivity index (χ2n) is 3.74. The molecule has 0 aliphatic rings. The normalized spacial score (nSPS) is 12.2. The lowest BCUT2D eigenvalue weighted by molar-refractivity contribution is 0.0558. The van der Waals surface area contributed by atoms with Gasteiger partial charge in [0, 0.05) is 5.56 Å². The van der Waals surface area contributed by atoms with Crippen molar-refractivity contribution >= 4 is 17.6 Å². The first-order chi connectivity index (χ1) is 9.04. The molecule has 2 rings (SSSR count). The van der Waals surface area contributed by atoms with Crippen molar-refractivity contribution in [2.24, 2.45) is 0 Å². The summed E-state index contributed by atoms with van der Waals surface area (Å²) in [4.78, 5) is 11.2. The summed E-state index contributed by atoms with van der Waals surface area (Å²) >= 11 is 5.77. The molecule has 0 amide bonds. The number of aliphatic hydroxyl groups excluding tert-OH is 1. The van der Waals surface area contributed by atoms with Crippen LogP contribution < -0.4 is 0 Å². The van der Waals surface area contributed by atoms with E-state index in [4.69, 9.17) is 16.0 Å². The zero-order chi connectivity index (χ0) is 14.0. The number of methoxy groups -OCH3 is 1. The quantitative estimate of drug-likeness (QED) is 0.880. The van der Waals surface area contributed by atoms with Crippen LogP contribution >= 0.6 is 11.6 Å². The Balaban J connectivity index is 2.34. The molecular weight excluding hydrogens is 275 g/mol. The molecule has 2 aromatic rings. The molecule has 0 aliphatic carbocycles. The molecule has 0 saturated heterocycles. The van der Waals surface area contributed by atoms with E-state index in [1.807, 2.05) is 0 Å². The van der Waals surface area contributed by atoms with Crippen molar-refractivity contribution in [1.29, 1.82) is 0 Å². The Bertz CT molecular complexity index is 608. The molecule has 100 valence electrons. The second-order valence-corrected chi connectivity index (χ2v) is 4.12. The molecule has 0 radical (unpaired) electrons. The first-order valence-electron chi connectivity index (χ1n) is 5.34. The molecular formula is C13H10ClFO4. The lowest BCUT2D eigenvalue weighted by Gasteiger charge is -2.10. The number of halogens is 2. The Labute approximate surface area is 113 Å². The molecule has 0 fully saturated rings. The SMILES string of the molecule is COC(=O)c1ccc(C(O)c2cccc(F)c2Cl)o1. The highest BCUT2D eigenvalue weighted by Gasteiger charge is 2.21. The summed E-state index contributed by atoms with van der Waals surface area (Å²) in [5.74, 6) is -1.28. The first kappa shape index (κ1) is 13.6. The van der Waals surface area contributed by atoms with Crippen molar-refractivity contribution in [3.05, 3.63) is 58.3 Å². The van der Waals surface area contributed by atoms with Crippen molar-refractivity contribution in [3.63, 3.8) is 0 Å². The van der Waals surface area contributed by atoms with Gasteiger partial charge in [0.15, 0.2) is 0 Å². The van der Waals surface area contributed by atoms with Crippen LogP contribution in [0.5, 0.6) is 0 Å². The van der Waals surface area contributed by atoms with E-state index >= 15 is 0 Å². The van der Waals surface area contributed by atoms with Gasteiger partial charge < -0.3 is 14.3 Å². The predicted octanol–water partition coefficient (Wildman–Crippen LogP) is 2.94. The highest BCUT2D eigenvalue weighted by atomic mass is 35.5. The summed E-state index contributed by atoms with van der Waals surface area (Å²) < 4.78 is 22.9. The van der Waals surface area contributed by atoms with E-state index in [9.17, 15) is 14.3 Å². The van der Waals surface area contributed by atoms with Gasteiger partial charge >= 0.3 is 5.97 Å². The molecule has 0 aliphatic heterocycles. The van der Waals surface area contributed by atoms with Gasteiger partial charge in [-0.1, -0.05) is 23.7 Å². The van der Waals surface area contributed by atoms with Gasteiger partial charge in [-0.05, 0) is 18.2 Å². The van der Waals surface area contributed by atoms with Gasteiger partial charge in [0.2, 0.25) is 5.76 Å². The highest BCUT2D eigenvalue weighted by molar-refractivity contribution is 6.31. The average molecular weight is 285 g/mol. The van der Waals surface area contributed by atoms with Crippen LogP contribution in [0.25, 0.3) is 0 Å². The fourth-order valence-corrected chi connectivity index (χ4v) is 1.82. The topological polar surface area (TPSA) is 59.7 Å². The summed E-state index contributed by atoms with van der Waals surface area (Å²) in [6.45, 7) is 0. The third-order valence-electron chi connectivity index (χ3n) is 2.56. The lowest BCUT2D eigenvalue weighted by atomic mass is 10.1. The maximum atomic E-state index is 13.3. The Morgan fingerprint density at radius 2 is 2.16 bits per heavy atom. The van der Waals surface area contributed by atoms with Crippen LogP contribution in [0.2, 0.25) is 5.02 Å². The Morgan fingerprint density at radius 3 is 2.84 bits per heavy atom. The fraction of sp³-hybridized carbons (Fsp3) is 0.154. The molecule has 1 aromatic heterocycles. The minimum Gasteiger partial charge on any atom is -0.463 e. The molecule has 4 nitrogen and oxygen atoms in total. The average Bonchev–Trinajstić information content (AvgIpc) is 2.90. The van der Waals surface area contributed by atoms with Gasteiger partial charge in [-0.15, -0.1) is 0 Å². The van der Waals surface area contributed by atoms with Crippen molar-refractivity contribution in [1.82, 2.24) is 0 Å². The number of benzene rings is 1. The van der Waals surface area contributed by atoms with E-state index in [0.29, 0.717) is 0 Å². The zero-order valence-corrected chi connectivity index (χ0v) is 10.6. The monoisotopic (exact) mass is 284 g/mol. The van der Waals surface area contributed by atoms with Crippen LogP contribution in [0.3, 0.4) is 0 Å². The molecule has 1 unspecified atom stereocenters. The first-order valence-corrected chi connectivity index (χ1v) is 5.72. The molecule has 0 saturated carbocycles. The summed E-state index contributed by atoms with van der Waals surface area (Å²) in [5, 5.41) is 9.88. The molecule has 6 heteroatoms. The smallest absolute Gasteiger partial charge is 0.373 e. The van der Waals surface area contributed by atoms with Gasteiger partial charge in [-0.3, -0.25) is 0 Å². The maximum Gasteiger partial charge on any atom is 0.373 e. The highest BCUT2D eigenvalue weighted by Crippen LogP contribution is 2.30. The van der Waals surface area contributed by atoms with Crippen LogP contribution in [0.4, 0.5) is 4.39 Å². The second kappa shape index (κ2) is 5.42. The third kappa shape index (κ3) is 2.62. The van der Waals surface area contributed by atoms with Gasteiger partial charge in [0.05, 0.1) is 12.1 Å². The van der Waals surface area contributed by atoms with Crippen LogP contribution in [-0.2, 0) is 4.74 Å². The number of esters is 1. The molecule has 0 bridgehead atoms. The molecule has 1 heterocycles. The van der Waals surface area contributed by atoms with Gasteiger partial charge in [-0.2, -0.15) is 0 Å².